The molecule has 88 valence electrons. The van der Waals surface area contributed by atoms with Crippen LogP contribution >= 0.6 is 0 Å². The van der Waals surface area contributed by atoms with Gasteiger partial charge in [-0.15, -0.1) is 0 Å². The molecule has 0 atom stereocenters. The Morgan fingerprint density at radius 2 is 2.12 bits per heavy atom. The number of aryl methyl sites for hydroxylation is 1. The summed E-state index contributed by atoms with van der Waals surface area (Å²) in [6.45, 7) is 6.45. The van der Waals surface area contributed by atoms with Gasteiger partial charge in [0, 0.05) is 10.9 Å². The molecule has 17 heavy (non-hydrogen) atoms. The summed E-state index contributed by atoms with van der Waals surface area (Å²) in [5, 5.41) is 10.2. The van der Waals surface area contributed by atoms with Crippen LogP contribution in [0.1, 0.15) is 37.7 Å². The number of nitrogens with zero attached hydrogens (tertiary/aromatic N) is 1. The molecule has 0 spiro atoms. The molecule has 2 rings (SSSR count). The highest BCUT2D eigenvalue weighted by Crippen LogP contribution is 2.28. The minimum atomic E-state index is 0.474. The summed E-state index contributed by atoms with van der Waals surface area (Å²) in [5.74, 6) is 0.995. The Kier molecular flexibility index (Phi) is 3.19. The third-order valence-corrected chi connectivity index (χ3v) is 2.98. The van der Waals surface area contributed by atoms with E-state index < -0.39 is 0 Å². The summed E-state index contributed by atoms with van der Waals surface area (Å²) in [6.07, 6.45) is 1.90. The lowest BCUT2D eigenvalue weighted by Gasteiger charge is -2.03. The standard InChI is InChI=1S/C15H17NO/c1-4-11-5-6-14-13(8-11)12(7-10(2)3)15(9-16)17-14/h5-6,8,10H,4,7H2,1-3H3. The lowest BCUT2D eigenvalue weighted by molar-refractivity contribution is 0.579. The van der Waals surface area contributed by atoms with Crippen molar-refractivity contribution in [2.75, 3.05) is 0 Å². The van der Waals surface area contributed by atoms with Crippen molar-refractivity contribution in [3.63, 3.8) is 0 Å². The van der Waals surface area contributed by atoms with E-state index in [1.165, 1.54) is 5.56 Å². The van der Waals surface area contributed by atoms with Crippen LogP contribution in [0, 0.1) is 17.2 Å². The highest BCUT2D eigenvalue weighted by molar-refractivity contribution is 5.84. The van der Waals surface area contributed by atoms with E-state index in [4.69, 9.17) is 9.68 Å². The SMILES string of the molecule is CCc1ccc2oc(C#N)c(CC(C)C)c2c1. The quantitative estimate of drug-likeness (QED) is 0.792. The van der Waals surface area contributed by atoms with Crippen molar-refractivity contribution < 1.29 is 4.42 Å². The van der Waals surface area contributed by atoms with Crippen LogP contribution in [-0.4, -0.2) is 0 Å². The van der Waals surface area contributed by atoms with E-state index in [9.17, 15) is 0 Å². The molecule has 0 amide bonds. The first-order chi connectivity index (χ1) is 8.15. The van der Waals surface area contributed by atoms with Gasteiger partial charge in [-0.05, 0) is 36.5 Å². The van der Waals surface area contributed by atoms with Crippen LogP contribution in [0.15, 0.2) is 22.6 Å². The number of nitriles is 1. The molecule has 2 aromatic rings. The number of hydrogen-bond donors (Lipinski definition) is 0. The molecule has 1 aromatic heterocycles. The Morgan fingerprint density at radius 1 is 1.35 bits per heavy atom. The highest BCUT2D eigenvalue weighted by Gasteiger charge is 2.15. The second-order valence-corrected chi connectivity index (χ2v) is 4.80. The second-order valence-electron chi connectivity index (χ2n) is 4.80. The first kappa shape index (κ1) is 11.7. The predicted octanol–water partition coefficient (Wildman–Crippen LogP) is 4.07. The van der Waals surface area contributed by atoms with Crippen LogP contribution in [0.3, 0.4) is 0 Å². The Labute approximate surface area is 102 Å². The maximum atomic E-state index is 9.12. The lowest BCUT2D eigenvalue weighted by atomic mass is 9.99. The average molecular weight is 227 g/mol. The largest absolute Gasteiger partial charge is 0.445 e. The van der Waals surface area contributed by atoms with E-state index in [1.54, 1.807) is 0 Å². The lowest BCUT2D eigenvalue weighted by Crippen LogP contribution is -1.95. The molecule has 0 aliphatic rings. The van der Waals surface area contributed by atoms with Gasteiger partial charge in [0.25, 0.3) is 0 Å². The van der Waals surface area contributed by atoms with Crippen molar-refractivity contribution in [3.05, 3.63) is 35.1 Å². The van der Waals surface area contributed by atoms with Crippen LogP contribution in [0.5, 0.6) is 0 Å². The monoisotopic (exact) mass is 227 g/mol. The molecule has 0 saturated carbocycles. The van der Waals surface area contributed by atoms with E-state index in [0.717, 1.165) is 29.4 Å². The fourth-order valence-electron chi connectivity index (χ4n) is 2.12. The molecule has 0 saturated heterocycles. The molecular formula is C15H17NO. The molecule has 0 aliphatic heterocycles. The summed E-state index contributed by atoms with van der Waals surface area (Å²) in [4.78, 5) is 0. The summed E-state index contributed by atoms with van der Waals surface area (Å²) in [7, 11) is 0. The first-order valence-electron chi connectivity index (χ1n) is 6.10. The Balaban J connectivity index is 2.63. The van der Waals surface area contributed by atoms with Crippen LogP contribution in [0.2, 0.25) is 0 Å². The van der Waals surface area contributed by atoms with Crippen LogP contribution < -0.4 is 0 Å². The average Bonchev–Trinajstić information content (AvgIpc) is 2.66. The third-order valence-electron chi connectivity index (χ3n) is 2.98. The van der Waals surface area contributed by atoms with E-state index in [-0.39, 0.29) is 0 Å². The van der Waals surface area contributed by atoms with E-state index in [1.807, 2.05) is 6.07 Å². The second kappa shape index (κ2) is 4.63. The van der Waals surface area contributed by atoms with E-state index in [2.05, 4.69) is 39.0 Å². The molecular weight excluding hydrogens is 210 g/mol. The van der Waals surface area contributed by atoms with Crippen molar-refractivity contribution in [1.82, 2.24) is 0 Å². The topological polar surface area (TPSA) is 36.9 Å². The number of furan rings is 1. The summed E-state index contributed by atoms with van der Waals surface area (Å²) < 4.78 is 5.59. The van der Waals surface area contributed by atoms with Gasteiger partial charge in [-0.3, -0.25) is 0 Å². The molecule has 0 aliphatic carbocycles. The summed E-state index contributed by atoms with van der Waals surface area (Å²) in [6, 6.07) is 8.34. The van der Waals surface area contributed by atoms with E-state index >= 15 is 0 Å². The zero-order valence-electron chi connectivity index (χ0n) is 10.6. The first-order valence-corrected chi connectivity index (χ1v) is 6.10. The number of hydrogen-bond acceptors (Lipinski definition) is 2. The zero-order valence-corrected chi connectivity index (χ0v) is 10.6. The number of fused-ring (bicyclic) bond motifs is 1. The number of rotatable bonds is 3. The molecule has 1 aromatic carbocycles. The molecule has 0 bridgehead atoms. The van der Waals surface area contributed by atoms with Crippen molar-refractivity contribution in [2.24, 2.45) is 5.92 Å². The number of benzene rings is 1. The summed E-state index contributed by atoms with van der Waals surface area (Å²) >= 11 is 0. The van der Waals surface area contributed by atoms with Gasteiger partial charge in [0.1, 0.15) is 11.7 Å². The molecule has 1 heterocycles. The van der Waals surface area contributed by atoms with Crippen LogP contribution in [0.4, 0.5) is 0 Å². The fraction of sp³-hybridized carbons (Fsp3) is 0.400. The molecule has 0 unspecified atom stereocenters. The molecule has 2 heteroatoms. The minimum absolute atomic E-state index is 0.474. The maximum Gasteiger partial charge on any atom is 0.207 e. The van der Waals surface area contributed by atoms with Crippen LogP contribution in [0.25, 0.3) is 11.0 Å². The Morgan fingerprint density at radius 3 is 2.71 bits per heavy atom. The maximum absolute atomic E-state index is 9.12. The summed E-state index contributed by atoms with van der Waals surface area (Å²) in [5.41, 5.74) is 3.18. The Bertz CT molecular complexity index is 572. The molecule has 0 N–H and O–H groups in total. The van der Waals surface area contributed by atoms with Gasteiger partial charge in [0.05, 0.1) is 0 Å². The third kappa shape index (κ3) is 2.19. The molecule has 2 nitrogen and oxygen atoms in total. The normalized spacial score (nSPS) is 11.0. The Hall–Kier alpha value is -1.75. The van der Waals surface area contributed by atoms with Crippen LogP contribution in [-0.2, 0) is 12.8 Å². The fourth-order valence-corrected chi connectivity index (χ4v) is 2.12. The smallest absolute Gasteiger partial charge is 0.207 e. The van der Waals surface area contributed by atoms with Crippen molar-refractivity contribution in [3.8, 4) is 6.07 Å². The zero-order chi connectivity index (χ0) is 12.4. The molecule has 0 radical (unpaired) electrons. The highest BCUT2D eigenvalue weighted by atomic mass is 16.3. The van der Waals surface area contributed by atoms with Gasteiger partial charge in [-0.25, -0.2) is 0 Å². The molecule has 0 fully saturated rings. The van der Waals surface area contributed by atoms with Gasteiger partial charge >= 0.3 is 0 Å². The minimum Gasteiger partial charge on any atom is -0.445 e. The van der Waals surface area contributed by atoms with Crippen molar-refractivity contribution in [2.45, 2.75) is 33.6 Å². The van der Waals surface area contributed by atoms with Gasteiger partial charge in [0.15, 0.2) is 0 Å². The van der Waals surface area contributed by atoms with Gasteiger partial charge in [-0.1, -0.05) is 26.8 Å². The predicted molar refractivity (Wildman–Crippen MR) is 68.8 cm³/mol. The van der Waals surface area contributed by atoms with Gasteiger partial charge < -0.3 is 4.42 Å². The van der Waals surface area contributed by atoms with Crippen molar-refractivity contribution >= 4 is 11.0 Å². The van der Waals surface area contributed by atoms with Gasteiger partial charge in [-0.2, -0.15) is 5.26 Å². The van der Waals surface area contributed by atoms with Gasteiger partial charge in [0.2, 0.25) is 5.76 Å². The van der Waals surface area contributed by atoms with Crippen molar-refractivity contribution in [1.29, 1.82) is 5.26 Å². The van der Waals surface area contributed by atoms with E-state index in [0.29, 0.717) is 11.7 Å².